The zero-order valence-electron chi connectivity index (χ0n) is 11.6. The van der Waals surface area contributed by atoms with Gasteiger partial charge in [-0.2, -0.15) is 0 Å². The quantitative estimate of drug-likeness (QED) is 0.782. The second-order valence-corrected chi connectivity index (χ2v) is 6.14. The van der Waals surface area contributed by atoms with Gasteiger partial charge in [0.1, 0.15) is 0 Å². The number of carbonyl (C=O) groups is 1. The van der Waals surface area contributed by atoms with Crippen molar-refractivity contribution < 1.29 is 9.53 Å². The molecular weight excluding hydrogens is 242 g/mol. The first-order valence-corrected chi connectivity index (χ1v) is 7.59. The fraction of sp³-hybridized carbons (Fsp3) is 0.929. The Kier molecular flexibility index (Phi) is 4.05. The molecule has 2 N–H and O–H groups in total. The van der Waals surface area contributed by atoms with Crippen LogP contribution in [-0.2, 0) is 9.53 Å². The molecule has 0 bridgehead atoms. The van der Waals surface area contributed by atoms with Crippen molar-refractivity contribution in [3.05, 3.63) is 0 Å². The third-order valence-corrected chi connectivity index (χ3v) is 4.72. The summed E-state index contributed by atoms with van der Waals surface area (Å²) < 4.78 is 5.38. The number of nitrogens with zero attached hydrogens (tertiary/aromatic N) is 2. The molecule has 2 atom stereocenters. The van der Waals surface area contributed by atoms with Crippen molar-refractivity contribution >= 4 is 5.91 Å². The maximum atomic E-state index is 12.2. The standard InChI is InChI=1S/C14H25N3O2/c15-13(11-1-2-11)9-14(18)17-4-3-12(10-17)16-5-7-19-8-6-16/h11-13H,1-10,15H2. The Hall–Kier alpha value is -0.650. The molecule has 1 aliphatic carbocycles. The van der Waals surface area contributed by atoms with Gasteiger partial charge in [0.15, 0.2) is 0 Å². The van der Waals surface area contributed by atoms with Crippen LogP contribution in [0, 0.1) is 5.92 Å². The molecule has 3 fully saturated rings. The van der Waals surface area contributed by atoms with Gasteiger partial charge in [0.25, 0.3) is 0 Å². The number of hydrogen-bond donors (Lipinski definition) is 1. The van der Waals surface area contributed by atoms with Crippen LogP contribution in [0.25, 0.3) is 0 Å². The third kappa shape index (κ3) is 3.27. The van der Waals surface area contributed by atoms with E-state index in [2.05, 4.69) is 4.90 Å². The number of ether oxygens (including phenoxy) is 1. The summed E-state index contributed by atoms with van der Waals surface area (Å²) in [5.41, 5.74) is 6.05. The highest BCUT2D eigenvalue weighted by Gasteiger charge is 2.34. The molecule has 1 saturated carbocycles. The summed E-state index contributed by atoms with van der Waals surface area (Å²) in [6.45, 7) is 5.46. The number of nitrogens with two attached hydrogens (primary N) is 1. The van der Waals surface area contributed by atoms with E-state index in [-0.39, 0.29) is 11.9 Å². The normalized spacial score (nSPS) is 30.6. The Morgan fingerprint density at radius 2 is 1.95 bits per heavy atom. The number of hydrogen-bond acceptors (Lipinski definition) is 4. The van der Waals surface area contributed by atoms with Crippen LogP contribution in [0.3, 0.4) is 0 Å². The molecular formula is C14H25N3O2. The van der Waals surface area contributed by atoms with Gasteiger partial charge in [-0.3, -0.25) is 9.69 Å². The lowest BCUT2D eigenvalue weighted by Gasteiger charge is -2.32. The highest BCUT2D eigenvalue weighted by molar-refractivity contribution is 5.77. The minimum absolute atomic E-state index is 0.0925. The molecule has 5 nitrogen and oxygen atoms in total. The summed E-state index contributed by atoms with van der Waals surface area (Å²) in [5.74, 6) is 0.872. The van der Waals surface area contributed by atoms with Gasteiger partial charge >= 0.3 is 0 Å². The smallest absolute Gasteiger partial charge is 0.224 e. The Balaban J connectivity index is 1.46. The van der Waals surface area contributed by atoms with Gasteiger partial charge in [0.05, 0.1) is 13.2 Å². The maximum absolute atomic E-state index is 12.2. The van der Waals surface area contributed by atoms with Crippen molar-refractivity contribution in [2.75, 3.05) is 39.4 Å². The van der Waals surface area contributed by atoms with Crippen molar-refractivity contribution in [2.24, 2.45) is 11.7 Å². The molecule has 2 heterocycles. The molecule has 0 radical (unpaired) electrons. The summed E-state index contributed by atoms with van der Waals surface area (Å²) in [6.07, 6.45) is 4.07. The predicted molar refractivity (Wildman–Crippen MR) is 72.7 cm³/mol. The van der Waals surface area contributed by atoms with E-state index in [1.807, 2.05) is 4.90 Å². The Morgan fingerprint density at radius 1 is 1.21 bits per heavy atom. The summed E-state index contributed by atoms with van der Waals surface area (Å²) in [6, 6.07) is 0.625. The monoisotopic (exact) mass is 267 g/mol. The lowest BCUT2D eigenvalue weighted by Crippen LogP contribution is -2.45. The highest BCUT2D eigenvalue weighted by Crippen LogP contribution is 2.33. The summed E-state index contributed by atoms with van der Waals surface area (Å²) >= 11 is 0. The molecule has 0 aromatic carbocycles. The van der Waals surface area contributed by atoms with E-state index in [0.29, 0.717) is 18.4 Å². The van der Waals surface area contributed by atoms with Crippen molar-refractivity contribution in [1.82, 2.24) is 9.80 Å². The van der Waals surface area contributed by atoms with E-state index in [1.54, 1.807) is 0 Å². The minimum Gasteiger partial charge on any atom is -0.379 e. The van der Waals surface area contributed by atoms with Crippen LogP contribution in [0.2, 0.25) is 0 Å². The molecule has 2 unspecified atom stereocenters. The SMILES string of the molecule is NC(CC(=O)N1CCC(N2CCOCC2)C1)C1CC1. The van der Waals surface area contributed by atoms with Crippen LogP contribution < -0.4 is 5.73 Å². The van der Waals surface area contributed by atoms with Gasteiger partial charge in [0.2, 0.25) is 5.91 Å². The molecule has 1 amide bonds. The van der Waals surface area contributed by atoms with Gasteiger partial charge in [-0.1, -0.05) is 0 Å². The maximum Gasteiger partial charge on any atom is 0.224 e. The van der Waals surface area contributed by atoms with Crippen molar-refractivity contribution in [2.45, 2.75) is 37.8 Å². The molecule has 0 aromatic rings. The van der Waals surface area contributed by atoms with Crippen molar-refractivity contribution in [3.63, 3.8) is 0 Å². The number of carbonyl (C=O) groups excluding carboxylic acids is 1. The summed E-state index contributed by atoms with van der Waals surface area (Å²) in [5, 5.41) is 0. The first kappa shape index (κ1) is 13.3. The van der Waals surface area contributed by atoms with E-state index in [9.17, 15) is 4.79 Å². The van der Waals surface area contributed by atoms with Crippen LogP contribution in [0.1, 0.15) is 25.7 Å². The van der Waals surface area contributed by atoms with E-state index in [4.69, 9.17) is 10.5 Å². The second kappa shape index (κ2) is 5.77. The fourth-order valence-corrected chi connectivity index (χ4v) is 3.23. The van der Waals surface area contributed by atoms with Crippen LogP contribution >= 0.6 is 0 Å². The molecule has 3 rings (SSSR count). The molecule has 0 aromatic heterocycles. The number of likely N-dealkylation sites (tertiary alicyclic amines) is 1. The Labute approximate surface area is 115 Å². The van der Waals surface area contributed by atoms with E-state index >= 15 is 0 Å². The molecule has 0 spiro atoms. The van der Waals surface area contributed by atoms with Gasteiger partial charge in [0, 0.05) is 44.7 Å². The van der Waals surface area contributed by atoms with Crippen LogP contribution in [0.15, 0.2) is 0 Å². The van der Waals surface area contributed by atoms with Crippen LogP contribution in [-0.4, -0.2) is 67.2 Å². The Bertz CT molecular complexity index is 327. The average Bonchev–Trinajstić information content (AvgIpc) is 3.17. The molecule has 5 heteroatoms. The van der Waals surface area contributed by atoms with E-state index in [0.717, 1.165) is 45.8 Å². The molecule has 108 valence electrons. The third-order valence-electron chi connectivity index (χ3n) is 4.72. The zero-order chi connectivity index (χ0) is 13.2. The number of morpholine rings is 1. The van der Waals surface area contributed by atoms with Gasteiger partial charge in [-0.15, -0.1) is 0 Å². The minimum atomic E-state index is 0.0925. The molecule has 2 aliphatic heterocycles. The lowest BCUT2D eigenvalue weighted by atomic mass is 10.1. The topological polar surface area (TPSA) is 58.8 Å². The summed E-state index contributed by atoms with van der Waals surface area (Å²) in [4.78, 5) is 16.7. The first-order chi connectivity index (χ1) is 9.24. The lowest BCUT2D eigenvalue weighted by molar-refractivity contribution is -0.130. The predicted octanol–water partition coefficient (Wildman–Crippen LogP) is 0.0469. The van der Waals surface area contributed by atoms with Crippen molar-refractivity contribution in [3.8, 4) is 0 Å². The largest absolute Gasteiger partial charge is 0.379 e. The van der Waals surface area contributed by atoms with Crippen molar-refractivity contribution in [1.29, 1.82) is 0 Å². The fourth-order valence-electron chi connectivity index (χ4n) is 3.23. The first-order valence-electron chi connectivity index (χ1n) is 7.59. The zero-order valence-corrected chi connectivity index (χ0v) is 11.6. The molecule has 3 aliphatic rings. The molecule has 2 saturated heterocycles. The Morgan fingerprint density at radius 3 is 2.63 bits per heavy atom. The summed E-state index contributed by atoms with van der Waals surface area (Å²) in [7, 11) is 0. The average molecular weight is 267 g/mol. The van der Waals surface area contributed by atoms with E-state index < -0.39 is 0 Å². The second-order valence-electron chi connectivity index (χ2n) is 6.14. The van der Waals surface area contributed by atoms with Gasteiger partial charge < -0.3 is 15.4 Å². The number of amides is 1. The number of rotatable bonds is 4. The van der Waals surface area contributed by atoms with Gasteiger partial charge in [-0.25, -0.2) is 0 Å². The highest BCUT2D eigenvalue weighted by atomic mass is 16.5. The van der Waals surface area contributed by atoms with Crippen LogP contribution in [0.5, 0.6) is 0 Å². The van der Waals surface area contributed by atoms with Crippen LogP contribution in [0.4, 0.5) is 0 Å². The molecule has 19 heavy (non-hydrogen) atoms. The van der Waals surface area contributed by atoms with Gasteiger partial charge in [-0.05, 0) is 25.2 Å². The van der Waals surface area contributed by atoms with E-state index in [1.165, 1.54) is 12.8 Å².